The lowest BCUT2D eigenvalue weighted by Crippen LogP contribution is -2.39. The zero-order chi connectivity index (χ0) is 12.8. The topological polar surface area (TPSA) is 44.9 Å². The fourth-order valence-corrected chi connectivity index (χ4v) is 4.45. The largest absolute Gasteiger partial charge is 0.355 e. The average Bonchev–Trinajstić information content (AvgIpc) is 3.14. The molecular formula is C15H24N4. The first-order valence-electron chi connectivity index (χ1n) is 7.78. The van der Waals surface area contributed by atoms with Crippen LogP contribution in [0.2, 0.25) is 0 Å². The number of aliphatic imine (C=N–C) groups is 1. The highest BCUT2D eigenvalue weighted by atomic mass is 15.3. The molecule has 4 aliphatic rings. The first kappa shape index (κ1) is 11.8. The predicted octanol–water partition coefficient (Wildman–Crippen LogP) is 1.39. The summed E-state index contributed by atoms with van der Waals surface area (Å²) >= 11 is 0. The van der Waals surface area contributed by atoms with Gasteiger partial charge in [0.05, 0.1) is 0 Å². The summed E-state index contributed by atoms with van der Waals surface area (Å²) in [6, 6.07) is 1.10. The van der Waals surface area contributed by atoms with Crippen molar-refractivity contribution in [3.63, 3.8) is 0 Å². The summed E-state index contributed by atoms with van der Waals surface area (Å²) in [5.41, 5.74) is 5.97. The van der Waals surface area contributed by atoms with Crippen molar-refractivity contribution in [1.29, 1.82) is 0 Å². The molecule has 0 amide bonds. The van der Waals surface area contributed by atoms with Crippen LogP contribution in [0.5, 0.6) is 0 Å². The molecule has 3 fully saturated rings. The van der Waals surface area contributed by atoms with Crippen molar-refractivity contribution in [3.8, 4) is 0 Å². The van der Waals surface area contributed by atoms with E-state index in [1.165, 1.54) is 25.7 Å². The summed E-state index contributed by atoms with van der Waals surface area (Å²) in [5, 5.41) is 0. The maximum Gasteiger partial charge on any atom is 0.127 e. The normalized spacial score (nSPS) is 41.2. The molecule has 19 heavy (non-hydrogen) atoms. The monoisotopic (exact) mass is 260 g/mol. The fraction of sp³-hybridized carbons (Fsp3) is 0.800. The molecule has 4 atom stereocenters. The lowest BCUT2D eigenvalue weighted by molar-refractivity contribution is 0.203. The van der Waals surface area contributed by atoms with Crippen molar-refractivity contribution in [3.05, 3.63) is 12.3 Å². The maximum atomic E-state index is 5.97. The average molecular weight is 260 g/mol. The molecule has 2 aliphatic heterocycles. The van der Waals surface area contributed by atoms with Gasteiger partial charge >= 0.3 is 0 Å². The summed E-state index contributed by atoms with van der Waals surface area (Å²) in [7, 11) is 0. The summed E-state index contributed by atoms with van der Waals surface area (Å²) in [5.74, 6) is 3.09. The Balaban J connectivity index is 1.39. The molecule has 2 N–H and O–H groups in total. The summed E-state index contributed by atoms with van der Waals surface area (Å²) in [4.78, 5) is 9.59. The first-order chi connectivity index (χ1) is 9.29. The number of hydrogen-bond acceptors (Lipinski definition) is 4. The minimum absolute atomic E-state index is 0.333. The van der Waals surface area contributed by atoms with Gasteiger partial charge in [-0.05, 0) is 43.6 Å². The molecule has 0 radical (unpaired) electrons. The van der Waals surface area contributed by atoms with E-state index in [0.29, 0.717) is 6.04 Å². The second kappa shape index (κ2) is 4.51. The molecule has 4 rings (SSSR count). The fourth-order valence-electron chi connectivity index (χ4n) is 4.45. The Morgan fingerprint density at radius 3 is 2.74 bits per heavy atom. The number of rotatable bonds is 1. The lowest BCUT2D eigenvalue weighted by Gasteiger charge is -2.35. The number of likely N-dealkylation sites (tertiary alicyclic amines) is 1. The molecule has 2 heterocycles. The van der Waals surface area contributed by atoms with E-state index < -0.39 is 0 Å². The van der Waals surface area contributed by atoms with E-state index in [4.69, 9.17) is 10.7 Å². The van der Waals surface area contributed by atoms with Crippen LogP contribution in [0, 0.1) is 11.8 Å². The van der Waals surface area contributed by atoms with Crippen molar-refractivity contribution < 1.29 is 0 Å². The zero-order valence-corrected chi connectivity index (χ0v) is 11.5. The highest BCUT2D eigenvalue weighted by molar-refractivity contribution is 5.93. The second-order valence-electron chi connectivity index (χ2n) is 6.72. The van der Waals surface area contributed by atoms with E-state index >= 15 is 0 Å². The molecule has 2 bridgehead atoms. The first-order valence-corrected chi connectivity index (χ1v) is 7.78. The number of fused-ring (bicyclic) bond motifs is 2. The SMILES string of the molecule is N[C@@H]1CCN(C2=NCN(C3CC4CCC3C4)C=C2)C1. The highest BCUT2D eigenvalue weighted by Gasteiger charge is 2.41. The Labute approximate surface area is 115 Å². The molecule has 2 saturated carbocycles. The third-order valence-electron chi connectivity index (χ3n) is 5.49. The van der Waals surface area contributed by atoms with Crippen LogP contribution in [0.4, 0.5) is 0 Å². The van der Waals surface area contributed by atoms with Gasteiger partial charge in [-0.25, -0.2) is 4.99 Å². The van der Waals surface area contributed by atoms with Crippen LogP contribution in [0.1, 0.15) is 32.1 Å². The third kappa shape index (κ3) is 2.06. The predicted molar refractivity (Wildman–Crippen MR) is 76.7 cm³/mol. The second-order valence-corrected chi connectivity index (χ2v) is 6.72. The van der Waals surface area contributed by atoms with Crippen LogP contribution in [-0.2, 0) is 0 Å². The molecule has 0 aromatic carbocycles. The Bertz CT molecular complexity index is 416. The maximum absolute atomic E-state index is 5.97. The van der Waals surface area contributed by atoms with Crippen LogP contribution in [0.15, 0.2) is 17.3 Å². The molecule has 104 valence electrons. The van der Waals surface area contributed by atoms with Gasteiger partial charge < -0.3 is 15.5 Å². The van der Waals surface area contributed by atoms with E-state index in [9.17, 15) is 0 Å². The van der Waals surface area contributed by atoms with E-state index in [0.717, 1.165) is 49.9 Å². The Morgan fingerprint density at radius 2 is 2.16 bits per heavy atom. The van der Waals surface area contributed by atoms with Crippen LogP contribution in [0.25, 0.3) is 0 Å². The Hall–Kier alpha value is -1.03. The summed E-state index contributed by atoms with van der Waals surface area (Å²) in [6.07, 6.45) is 11.4. The van der Waals surface area contributed by atoms with Crippen LogP contribution < -0.4 is 5.73 Å². The summed E-state index contributed by atoms with van der Waals surface area (Å²) < 4.78 is 0. The Morgan fingerprint density at radius 1 is 1.21 bits per heavy atom. The van der Waals surface area contributed by atoms with Crippen molar-refractivity contribution in [2.75, 3.05) is 19.8 Å². The minimum Gasteiger partial charge on any atom is -0.355 e. The van der Waals surface area contributed by atoms with Gasteiger partial charge in [0.2, 0.25) is 0 Å². The van der Waals surface area contributed by atoms with Crippen LogP contribution in [0.3, 0.4) is 0 Å². The van der Waals surface area contributed by atoms with E-state index in [-0.39, 0.29) is 0 Å². The zero-order valence-electron chi connectivity index (χ0n) is 11.5. The molecule has 3 unspecified atom stereocenters. The van der Waals surface area contributed by atoms with Gasteiger partial charge in [-0.3, -0.25) is 0 Å². The van der Waals surface area contributed by atoms with Gasteiger partial charge in [0.25, 0.3) is 0 Å². The quantitative estimate of drug-likeness (QED) is 0.775. The molecule has 2 aliphatic carbocycles. The van der Waals surface area contributed by atoms with Gasteiger partial charge in [0.1, 0.15) is 12.5 Å². The van der Waals surface area contributed by atoms with Gasteiger partial charge in [-0.1, -0.05) is 6.42 Å². The molecular weight excluding hydrogens is 236 g/mol. The van der Waals surface area contributed by atoms with Gasteiger partial charge in [-0.15, -0.1) is 0 Å². The van der Waals surface area contributed by atoms with Crippen LogP contribution >= 0.6 is 0 Å². The molecule has 0 aromatic heterocycles. The molecule has 1 saturated heterocycles. The van der Waals surface area contributed by atoms with E-state index in [1.54, 1.807) is 0 Å². The van der Waals surface area contributed by atoms with Crippen molar-refractivity contribution in [2.45, 2.75) is 44.2 Å². The number of nitrogens with zero attached hydrogens (tertiary/aromatic N) is 3. The van der Waals surface area contributed by atoms with Gasteiger partial charge in [0.15, 0.2) is 0 Å². The van der Waals surface area contributed by atoms with E-state index in [2.05, 4.69) is 22.1 Å². The lowest BCUT2D eigenvalue weighted by atomic mass is 9.94. The smallest absolute Gasteiger partial charge is 0.127 e. The Kier molecular flexibility index (Phi) is 2.79. The highest BCUT2D eigenvalue weighted by Crippen LogP contribution is 2.46. The van der Waals surface area contributed by atoms with Crippen LogP contribution in [-0.4, -0.2) is 47.5 Å². The molecule has 0 aromatic rings. The van der Waals surface area contributed by atoms with Gasteiger partial charge in [0, 0.05) is 31.4 Å². The number of nitrogens with two attached hydrogens (primary N) is 1. The van der Waals surface area contributed by atoms with E-state index in [1.807, 2.05) is 0 Å². The standard InChI is InChI=1S/C15H24N4/c16-13-3-5-18(9-13)15-4-6-19(10-17-15)14-8-11-1-2-12(14)7-11/h4,6,11-14H,1-3,5,7-10,16H2/t11?,12?,13-,14?/m1/s1. The van der Waals surface area contributed by atoms with Crippen molar-refractivity contribution >= 4 is 5.84 Å². The third-order valence-corrected chi connectivity index (χ3v) is 5.49. The van der Waals surface area contributed by atoms with Gasteiger partial charge in [-0.2, -0.15) is 0 Å². The molecule has 0 spiro atoms. The molecule has 4 heteroatoms. The van der Waals surface area contributed by atoms with Crippen molar-refractivity contribution in [1.82, 2.24) is 9.80 Å². The van der Waals surface area contributed by atoms with Crippen molar-refractivity contribution in [2.24, 2.45) is 22.6 Å². The number of hydrogen-bond donors (Lipinski definition) is 1. The summed E-state index contributed by atoms with van der Waals surface area (Å²) in [6.45, 7) is 2.89. The number of amidine groups is 1. The molecule has 4 nitrogen and oxygen atoms in total. The minimum atomic E-state index is 0.333.